The highest BCUT2D eigenvalue weighted by atomic mass is 16.6. The van der Waals surface area contributed by atoms with E-state index in [1.807, 2.05) is 30.3 Å². The molecule has 6 heteroatoms. The molecule has 21 heavy (non-hydrogen) atoms. The fourth-order valence-corrected chi connectivity index (χ4v) is 1.94. The Morgan fingerprint density at radius 2 is 1.90 bits per heavy atom. The molecule has 0 amide bonds. The van der Waals surface area contributed by atoms with Crippen molar-refractivity contribution in [2.24, 2.45) is 0 Å². The Morgan fingerprint density at radius 1 is 1.24 bits per heavy atom. The number of rotatable bonds is 5. The van der Waals surface area contributed by atoms with Gasteiger partial charge in [0.05, 0.1) is 4.92 Å². The van der Waals surface area contributed by atoms with Crippen LogP contribution in [0.3, 0.4) is 0 Å². The number of benzene rings is 2. The van der Waals surface area contributed by atoms with Crippen molar-refractivity contribution < 1.29 is 19.6 Å². The van der Waals surface area contributed by atoms with Crippen LogP contribution in [0.5, 0.6) is 5.75 Å². The van der Waals surface area contributed by atoms with E-state index in [2.05, 4.69) is 0 Å². The molecule has 1 N–H and O–H groups in total. The SMILES string of the molecule is Cc1ccc(C(=O)O)c([N+](=O)[O-])c1OCc1ccccc1. The first-order valence-electron chi connectivity index (χ1n) is 6.18. The molecule has 0 unspecified atom stereocenters. The third kappa shape index (κ3) is 3.17. The number of nitro groups is 1. The smallest absolute Gasteiger partial charge is 0.342 e. The molecular weight excluding hydrogens is 274 g/mol. The van der Waals surface area contributed by atoms with Gasteiger partial charge in [-0.1, -0.05) is 36.4 Å². The number of ether oxygens (including phenoxy) is 1. The molecule has 0 saturated carbocycles. The number of aromatic carboxylic acids is 1. The fourth-order valence-electron chi connectivity index (χ4n) is 1.94. The Bertz CT molecular complexity index is 682. The first-order chi connectivity index (χ1) is 10.0. The molecule has 0 fully saturated rings. The van der Waals surface area contributed by atoms with Crippen molar-refractivity contribution in [3.05, 3.63) is 69.3 Å². The zero-order valence-electron chi connectivity index (χ0n) is 11.3. The molecule has 6 nitrogen and oxygen atoms in total. The van der Waals surface area contributed by atoms with Crippen LogP contribution >= 0.6 is 0 Å². The van der Waals surface area contributed by atoms with E-state index in [4.69, 9.17) is 9.84 Å². The van der Waals surface area contributed by atoms with Crippen molar-refractivity contribution in [1.82, 2.24) is 0 Å². The molecule has 0 heterocycles. The predicted molar refractivity (Wildman–Crippen MR) is 75.6 cm³/mol. The van der Waals surface area contributed by atoms with E-state index in [1.54, 1.807) is 6.92 Å². The standard InChI is InChI=1S/C15H13NO5/c1-10-7-8-12(15(17)18)13(16(19)20)14(10)21-9-11-5-3-2-4-6-11/h2-8H,9H2,1H3,(H,17,18). The van der Waals surface area contributed by atoms with Gasteiger partial charge in [-0.2, -0.15) is 0 Å². The molecule has 0 atom stereocenters. The van der Waals surface area contributed by atoms with Gasteiger partial charge in [0, 0.05) is 0 Å². The Labute approximate surface area is 120 Å². The number of nitrogens with zero attached hydrogens (tertiary/aromatic N) is 1. The first kappa shape index (κ1) is 14.5. The molecule has 0 aliphatic carbocycles. The van der Waals surface area contributed by atoms with Crippen LogP contribution < -0.4 is 4.74 Å². The van der Waals surface area contributed by atoms with E-state index in [-0.39, 0.29) is 17.9 Å². The van der Waals surface area contributed by atoms with Crippen LogP contribution in [-0.2, 0) is 6.61 Å². The monoisotopic (exact) mass is 287 g/mol. The van der Waals surface area contributed by atoms with Crippen LogP contribution in [-0.4, -0.2) is 16.0 Å². The van der Waals surface area contributed by atoms with Crippen molar-refractivity contribution in [3.8, 4) is 5.75 Å². The molecule has 0 aromatic heterocycles. The highest BCUT2D eigenvalue weighted by Crippen LogP contribution is 2.34. The second-order valence-electron chi connectivity index (χ2n) is 4.44. The summed E-state index contributed by atoms with van der Waals surface area (Å²) < 4.78 is 5.50. The van der Waals surface area contributed by atoms with Gasteiger partial charge in [-0.25, -0.2) is 4.79 Å². The maximum Gasteiger partial charge on any atom is 0.342 e. The van der Waals surface area contributed by atoms with Crippen LogP contribution in [0.25, 0.3) is 0 Å². The number of hydrogen-bond donors (Lipinski definition) is 1. The van der Waals surface area contributed by atoms with Gasteiger partial charge in [0.1, 0.15) is 12.2 Å². The maximum atomic E-state index is 11.2. The minimum atomic E-state index is -1.36. The number of aryl methyl sites for hydroxylation is 1. The molecule has 2 aromatic carbocycles. The minimum absolute atomic E-state index is 0.0104. The summed E-state index contributed by atoms with van der Waals surface area (Å²) in [6, 6.07) is 11.9. The predicted octanol–water partition coefficient (Wildman–Crippen LogP) is 3.18. The van der Waals surface area contributed by atoms with Crippen LogP contribution in [0, 0.1) is 17.0 Å². The fraction of sp³-hybridized carbons (Fsp3) is 0.133. The van der Waals surface area contributed by atoms with E-state index in [9.17, 15) is 14.9 Å². The first-order valence-corrected chi connectivity index (χ1v) is 6.18. The van der Waals surface area contributed by atoms with Gasteiger partial charge >= 0.3 is 11.7 Å². The third-order valence-electron chi connectivity index (χ3n) is 2.97. The van der Waals surface area contributed by atoms with Gasteiger partial charge in [0.15, 0.2) is 0 Å². The maximum absolute atomic E-state index is 11.2. The van der Waals surface area contributed by atoms with Crippen LogP contribution in [0.1, 0.15) is 21.5 Å². The average Bonchev–Trinajstić information content (AvgIpc) is 2.46. The highest BCUT2D eigenvalue weighted by molar-refractivity contribution is 5.94. The summed E-state index contributed by atoms with van der Waals surface area (Å²) in [6.45, 7) is 1.77. The molecule has 0 radical (unpaired) electrons. The lowest BCUT2D eigenvalue weighted by Crippen LogP contribution is -2.07. The molecular formula is C15H13NO5. The summed E-state index contributed by atoms with van der Waals surface area (Å²) in [5, 5.41) is 20.2. The number of hydrogen-bond acceptors (Lipinski definition) is 4. The number of nitro benzene ring substituents is 1. The van der Waals surface area contributed by atoms with Crippen molar-refractivity contribution in [3.63, 3.8) is 0 Å². The quantitative estimate of drug-likeness (QED) is 0.673. The Morgan fingerprint density at radius 3 is 2.48 bits per heavy atom. The Hall–Kier alpha value is -2.89. The highest BCUT2D eigenvalue weighted by Gasteiger charge is 2.27. The lowest BCUT2D eigenvalue weighted by molar-refractivity contribution is -0.386. The molecule has 0 spiro atoms. The van der Waals surface area contributed by atoms with Crippen molar-refractivity contribution in [2.45, 2.75) is 13.5 Å². The summed E-state index contributed by atoms with van der Waals surface area (Å²) in [4.78, 5) is 21.6. The largest absolute Gasteiger partial charge is 0.482 e. The average molecular weight is 287 g/mol. The summed E-state index contributed by atoms with van der Waals surface area (Å²) >= 11 is 0. The van der Waals surface area contributed by atoms with Gasteiger partial charge in [-0.05, 0) is 24.1 Å². The van der Waals surface area contributed by atoms with Crippen LogP contribution in [0.4, 0.5) is 5.69 Å². The molecule has 0 aliphatic rings. The summed E-state index contributed by atoms with van der Waals surface area (Å²) in [5.74, 6) is -1.37. The van der Waals surface area contributed by atoms with E-state index in [0.29, 0.717) is 5.56 Å². The van der Waals surface area contributed by atoms with Crippen molar-refractivity contribution in [2.75, 3.05) is 0 Å². The Kier molecular flexibility index (Phi) is 4.18. The summed E-state index contributed by atoms with van der Waals surface area (Å²) in [7, 11) is 0. The van der Waals surface area contributed by atoms with Crippen LogP contribution in [0.2, 0.25) is 0 Å². The van der Waals surface area contributed by atoms with Gasteiger partial charge < -0.3 is 9.84 Å². The van der Waals surface area contributed by atoms with Crippen molar-refractivity contribution in [1.29, 1.82) is 0 Å². The number of carboxylic acids is 1. The molecule has 108 valence electrons. The number of carboxylic acid groups (broad SMARTS) is 1. The van der Waals surface area contributed by atoms with E-state index < -0.39 is 16.6 Å². The molecule has 2 rings (SSSR count). The Balaban J connectivity index is 2.40. The second kappa shape index (κ2) is 6.04. The van der Waals surface area contributed by atoms with Gasteiger partial charge in [-0.3, -0.25) is 10.1 Å². The lowest BCUT2D eigenvalue weighted by atomic mass is 10.1. The zero-order valence-corrected chi connectivity index (χ0v) is 11.3. The minimum Gasteiger partial charge on any atom is -0.482 e. The zero-order chi connectivity index (χ0) is 15.4. The third-order valence-corrected chi connectivity index (χ3v) is 2.97. The van der Waals surface area contributed by atoms with Crippen LogP contribution in [0.15, 0.2) is 42.5 Å². The summed E-state index contributed by atoms with van der Waals surface area (Å²) in [5.41, 5.74) is 0.460. The summed E-state index contributed by atoms with van der Waals surface area (Å²) in [6.07, 6.45) is 0. The molecule has 0 bridgehead atoms. The van der Waals surface area contributed by atoms with E-state index >= 15 is 0 Å². The lowest BCUT2D eigenvalue weighted by Gasteiger charge is -2.11. The van der Waals surface area contributed by atoms with Gasteiger partial charge in [0.25, 0.3) is 0 Å². The topological polar surface area (TPSA) is 89.7 Å². The van der Waals surface area contributed by atoms with E-state index in [1.165, 1.54) is 12.1 Å². The van der Waals surface area contributed by atoms with Crippen molar-refractivity contribution >= 4 is 11.7 Å². The normalized spacial score (nSPS) is 10.1. The number of carbonyl (C=O) groups is 1. The molecule has 2 aromatic rings. The molecule has 0 aliphatic heterocycles. The van der Waals surface area contributed by atoms with Gasteiger partial charge in [0.2, 0.25) is 5.75 Å². The van der Waals surface area contributed by atoms with E-state index in [0.717, 1.165) is 5.56 Å². The van der Waals surface area contributed by atoms with Gasteiger partial charge in [-0.15, -0.1) is 0 Å². The molecule has 0 saturated heterocycles. The second-order valence-corrected chi connectivity index (χ2v) is 4.44.